The van der Waals surface area contributed by atoms with Crippen LogP contribution in [0.15, 0.2) is 58.4 Å². The smallest absolute Gasteiger partial charge is 0.274 e. The van der Waals surface area contributed by atoms with Crippen LogP contribution in [0.1, 0.15) is 61.6 Å². The van der Waals surface area contributed by atoms with Gasteiger partial charge in [-0.05, 0) is 87.0 Å². The van der Waals surface area contributed by atoms with Gasteiger partial charge in [0.05, 0.1) is 59.0 Å². The normalized spacial score (nSPS) is 12.0. The van der Waals surface area contributed by atoms with Crippen LogP contribution >= 0.6 is 0 Å². The van der Waals surface area contributed by atoms with Crippen molar-refractivity contribution in [3.63, 3.8) is 0 Å². The minimum atomic E-state index is -1.24. The van der Waals surface area contributed by atoms with Crippen molar-refractivity contribution in [2.75, 3.05) is 24.7 Å². The average Bonchev–Trinajstić information content (AvgIpc) is 3.76. The first kappa shape index (κ1) is 52.7. The Hall–Kier alpha value is -4.95. The lowest BCUT2D eigenvalue weighted by Crippen LogP contribution is -2.26. The molecule has 65 heavy (non-hydrogen) atoms. The van der Waals surface area contributed by atoms with Crippen LogP contribution in [0.5, 0.6) is 0 Å². The fraction of sp³-hybridized carbons (Fsp3) is 0.500. The fourth-order valence-electron chi connectivity index (χ4n) is 7.10. The zero-order chi connectivity index (χ0) is 48.4. The number of H-pyrrole nitrogens is 1. The predicted octanol–water partition coefficient (Wildman–Crippen LogP) is 9.23. The number of nitrogens with two attached hydrogens (primary N) is 2. The Morgan fingerprint density at radius 1 is 0.708 bits per heavy atom. The molecule has 0 spiro atoms. The van der Waals surface area contributed by atoms with Gasteiger partial charge < -0.3 is 44.7 Å². The summed E-state index contributed by atoms with van der Waals surface area (Å²) in [6, 6.07) is 12.7. The molecule has 0 aliphatic carbocycles. The largest absolute Gasteiger partial charge is 0.394 e. The van der Waals surface area contributed by atoms with Crippen molar-refractivity contribution >= 4 is 49.6 Å². The van der Waals surface area contributed by atoms with Crippen LogP contribution in [0.4, 0.5) is 20.2 Å². The Morgan fingerprint density at radius 3 is 1.60 bits per heavy atom. The Bertz CT molecular complexity index is 2640. The van der Waals surface area contributed by atoms with Crippen LogP contribution in [-0.2, 0) is 48.9 Å². The second-order valence-corrected chi connectivity index (χ2v) is 31.3. The predicted molar refractivity (Wildman–Crippen MR) is 266 cm³/mol. The monoisotopic (exact) mass is 935 g/mol. The molecule has 0 fully saturated rings. The highest BCUT2D eigenvalue weighted by atomic mass is 28.3. The lowest BCUT2D eigenvalue weighted by atomic mass is 10.0. The van der Waals surface area contributed by atoms with E-state index in [4.69, 9.17) is 20.9 Å². The van der Waals surface area contributed by atoms with E-state index < -0.39 is 16.1 Å². The Kier molecular flexibility index (Phi) is 18.6. The SMILES string of the molecule is CC(C)Cc1c(F)cnc2cc(CO)n(COCC[Si](C)(C)C)c12.Cc1ccc(N)c(=O)[nH]1.Cc1ccc(N)c(=O)n1Cc1cc2ncc(F)c(CC(C)C)c2n1COCC[Si](C)(C)C. The van der Waals surface area contributed by atoms with Crippen LogP contribution in [0.3, 0.4) is 0 Å². The highest BCUT2D eigenvalue weighted by Crippen LogP contribution is 2.29. The molecule has 6 heterocycles. The molecule has 0 saturated carbocycles. The lowest BCUT2D eigenvalue weighted by Gasteiger charge is -2.19. The van der Waals surface area contributed by atoms with Gasteiger partial charge in [0, 0.05) is 63.3 Å². The molecule has 6 aromatic heterocycles. The number of nitrogens with zero attached hydrogens (tertiary/aromatic N) is 5. The summed E-state index contributed by atoms with van der Waals surface area (Å²) in [7, 11) is -2.39. The number of halogens is 2. The molecule has 0 bridgehead atoms. The summed E-state index contributed by atoms with van der Waals surface area (Å²) in [5, 5.41) is 9.66. The van der Waals surface area contributed by atoms with E-state index in [9.17, 15) is 23.5 Å². The Morgan fingerprint density at radius 2 is 1.17 bits per heavy atom. The first-order valence-corrected chi connectivity index (χ1v) is 29.8. The molecule has 356 valence electrons. The fourth-order valence-corrected chi connectivity index (χ4v) is 8.61. The number of nitrogens with one attached hydrogen (secondary N) is 1. The average molecular weight is 935 g/mol. The van der Waals surface area contributed by atoms with Crippen molar-refractivity contribution in [3.05, 3.63) is 115 Å². The van der Waals surface area contributed by atoms with E-state index in [1.54, 1.807) is 29.7 Å². The second kappa shape index (κ2) is 23.0. The van der Waals surface area contributed by atoms with Gasteiger partial charge in [-0.25, -0.2) is 8.78 Å². The summed E-state index contributed by atoms with van der Waals surface area (Å²) in [5.41, 5.74) is 18.5. The topological polar surface area (TPSA) is 181 Å². The number of anilines is 2. The van der Waals surface area contributed by atoms with Gasteiger partial charge in [0.2, 0.25) is 0 Å². The van der Waals surface area contributed by atoms with E-state index in [2.05, 4.69) is 81.9 Å². The van der Waals surface area contributed by atoms with Gasteiger partial charge in [0.1, 0.15) is 25.1 Å². The van der Waals surface area contributed by atoms with Gasteiger partial charge in [-0.1, -0.05) is 67.0 Å². The summed E-state index contributed by atoms with van der Waals surface area (Å²) < 4.78 is 46.6. The van der Waals surface area contributed by atoms with Crippen molar-refractivity contribution in [1.82, 2.24) is 28.7 Å². The zero-order valence-electron chi connectivity index (χ0n) is 40.6. The third-order valence-electron chi connectivity index (χ3n) is 10.8. The second-order valence-electron chi connectivity index (χ2n) is 20.1. The van der Waals surface area contributed by atoms with Crippen molar-refractivity contribution in [3.8, 4) is 0 Å². The summed E-state index contributed by atoms with van der Waals surface area (Å²) >= 11 is 0. The van der Waals surface area contributed by atoms with Crippen molar-refractivity contribution in [1.29, 1.82) is 0 Å². The highest BCUT2D eigenvalue weighted by molar-refractivity contribution is 6.76. The van der Waals surface area contributed by atoms with Gasteiger partial charge in [-0.15, -0.1) is 0 Å². The number of ether oxygens (including phenoxy) is 2. The van der Waals surface area contributed by atoms with Gasteiger partial charge in [0.25, 0.3) is 11.1 Å². The van der Waals surface area contributed by atoms with Crippen molar-refractivity contribution in [2.24, 2.45) is 11.8 Å². The molecule has 0 radical (unpaired) electrons. The number of hydrogen-bond acceptors (Lipinski definition) is 9. The molecule has 0 aliphatic rings. The number of rotatable bonds is 17. The summed E-state index contributed by atoms with van der Waals surface area (Å²) in [5.74, 6) is 0.0194. The maximum atomic E-state index is 14.8. The van der Waals surface area contributed by atoms with Gasteiger partial charge in [-0.2, -0.15) is 0 Å². The lowest BCUT2D eigenvalue weighted by molar-refractivity contribution is 0.0852. The summed E-state index contributed by atoms with van der Waals surface area (Å²) in [6.45, 7) is 27.9. The molecule has 0 aliphatic heterocycles. The number of hydrogen-bond donors (Lipinski definition) is 4. The molecule has 13 nitrogen and oxygen atoms in total. The van der Waals surface area contributed by atoms with Crippen LogP contribution in [0.25, 0.3) is 22.1 Å². The minimum Gasteiger partial charge on any atom is -0.394 e. The standard InChI is InChI=1S/C24H35FN4O2Si.C18H29FN2O2Si.C6H8N2O/c1-16(2)11-19-20(25)13-27-22-12-18(14-28-17(3)7-8-21(26)24(28)30)29(23(19)22)15-31-9-10-32(4,5)6;1-13(2)8-15-16(19)10-20-17-9-14(11-22)21(18(15)17)12-23-6-7-24(3,4)5;1-4-2-3-5(7)6(9)8-4/h7-8,12-13,16H,9-11,14-15,26H2,1-6H3;9-10,13,22H,6-8,11-12H2,1-5H3;2-3H,7H2,1H3,(H,8,9). The molecule has 0 unspecified atom stereocenters. The van der Waals surface area contributed by atoms with E-state index in [0.717, 1.165) is 40.2 Å². The van der Waals surface area contributed by atoms with E-state index in [1.165, 1.54) is 12.4 Å². The Balaban J connectivity index is 0.000000245. The number of nitrogen functional groups attached to an aromatic ring is 2. The van der Waals surface area contributed by atoms with Crippen LogP contribution < -0.4 is 22.6 Å². The number of aliphatic hydroxyl groups is 1. The number of aryl methyl sites for hydroxylation is 2. The van der Waals surface area contributed by atoms with E-state index in [0.29, 0.717) is 73.1 Å². The molecule has 6 rings (SSSR count). The van der Waals surface area contributed by atoms with Crippen LogP contribution in [-0.4, -0.2) is 63.1 Å². The number of pyridine rings is 4. The quantitative estimate of drug-likeness (QED) is 0.0512. The first-order chi connectivity index (χ1) is 30.4. The maximum Gasteiger partial charge on any atom is 0.274 e. The van der Waals surface area contributed by atoms with E-state index >= 15 is 0 Å². The number of aromatic nitrogens is 6. The van der Waals surface area contributed by atoms with Crippen LogP contribution in [0.2, 0.25) is 51.4 Å². The molecule has 0 aromatic carbocycles. The molecule has 0 saturated heterocycles. The molecule has 0 atom stereocenters. The third kappa shape index (κ3) is 15.0. The molecule has 0 amide bonds. The van der Waals surface area contributed by atoms with Crippen LogP contribution in [0, 0.1) is 37.3 Å². The first-order valence-electron chi connectivity index (χ1n) is 22.4. The van der Waals surface area contributed by atoms with E-state index in [1.807, 2.05) is 34.3 Å². The molecule has 17 heteroatoms. The Labute approximate surface area is 384 Å². The number of aliphatic hydroxyl groups excluding tert-OH is 1. The van der Waals surface area contributed by atoms with Crippen molar-refractivity contribution < 1.29 is 23.4 Å². The van der Waals surface area contributed by atoms with Gasteiger partial charge >= 0.3 is 0 Å². The van der Waals surface area contributed by atoms with Gasteiger partial charge in [0.15, 0.2) is 0 Å². The molecule has 6 aromatic rings. The number of aromatic amines is 1. The minimum absolute atomic E-state index is 0.115. The highest BCUT2D eigenvalue weighted by Gasteiger charge is 2.21. The molecule has 6 N–H and O–H groups in total. The van der Waals surface area contributed by atoms with Gasteiger partial charge in [-0.3, -0.25) is 19.6 Å². The third-order valence-corrected chi connectivity index (χ3v) is 14.2. The van der Waals surface area contributed by atoms with E-state index in [-0.39, 0.29) is 53.4 Å². The van der Waals surface area contributed by atoms with Crippen molar-refractivity contribution in [2.45, 2.75) is 132 Å². The molecular weight excluding hydrogens is 863 g/mol. The number of fused-ring (bicyclic) bond motifs is 2. The zero-order valence-corrected chi connectivity index (χ0v) is 42.6. The maximum absolute atomic E-state index is 14.8. The summed E-state index contributed by atoms with van der Waals surface area (Å²) in [4.78, 5) is 34.4. The molecular formula is C48H72F2N8O5Si2. The summed E-state index contributed by atoms with van der Waals surface area (Å²) in [6.07, 6.45) is 3.80.